The quantitative estimate of drug-likeness (QED) is 0.581. The molecule has 1 unspecified atom stereocenters. The van der Waals surface area contributed by atoms with E-state index in [0.717, 1.165) is 63.8 Å². The summed E-state index contributed by atoms with van der Waals surface area (Å²) < 4.78 is 20.7. The van der Waals surface area contributed by atoms with Crippen LogP contribution in [0.3, 0.4) is 0 Å². The summed E-state index contributed by atoms with van der Waals surface area (Å²) >= 11 is 0. The number of hydrogen-bond donors (Lipinski definition) is 1. The summed E-state index contributed by atoms with van der Waals surface area (Å²) in [7, 11) is 0. The predicted octanol–water partition coefficient (Wildman–Crippen LogP) is 3.84. The molecule has 3 saturated heterocycles. The normalized spacial score (nSPS) is 23.2. The Bertz CT molecular complexity index is 1150. The number of imide groups is 1. The zero-order chi connectivity index (χ0) is 27.9. The van der Waals surface area contributed by atoms with Crippen molar-refractivity contribution in [3.63, 3.8) is 0 Å². The molecule has 5 rings (SSSR count). The second kappa shape index (κ2) is 10.8. The molecule has 4 aliphatic heterocycles. The molecule has 4 heterocycles. The molecule has 3 fully saturated rings. The molecule has 0 radical (unpaired) electrons. The van der Waals surface area contributed by atoms with Crippen LogP contribution in [0.25, 0.3) is 0 Å². The van der Waals surface area contributed by atoms with Crippen LogP contribution in [-0.2, 0) is 20.9 Å². The van der Waals surface area contributed by atoms with Crippen molar-refractivity contribution in [3.05, 3.63) is 29.1 Å². The number of hydrogen-bond acceptors (Lipinski definition) is 6. The fraction of sp³-hybridized carbons (Fsp3) is 0.655. The Morgan fingerprint density at radius 3 is 2.26 bits per heavy atom. The maximum absolute atomic E-state index is 15.2. The Labute approximate surface area is 229 Å². The number of nitrogens with zero attached hydrogens (tertiary/aromatic N) is 3. The molecule has 1 aromatic rings. The van der Waals surface area contributed by atoms with Gasteiger partial charge >= 0.3 is 6.09 Å². The summed E-state index contributed by atoms with van der Waals surface area (Å²) in [6.07, 6.45) is 5.29. The molecule has 1 aromatic carbocycles. The number of likely N-dealkylation sites (tertiary alicyclic amines) is 1. The van der Waals surface area contributed by atoms with Crippen molar-refractivity contribution >= 4 is 29.5 Å². The van der Waals surface area contributed by atoms with Gasteiger partial charge in [0, 0.05) is 44.7 Å². The number of amides is 4. The van der Waals surface area contributed by atoms with Crippen LogP contribution in [0.2, 0.25) is 0 Å². The van der Waals surface area contributed by atoms with E-state index in [2.05, 4.69) is 10.2 Å². The lowest BCUT2D eigenvalue weighted by molar-refractivity contribution is -0.136. The smallest absolute Gasteiger partial charge is 0.410 e. The highest BCUT2D eigenvalue weighted by Gasteiger charge is 2.40. The van der Waals surface area contributed by atoms with E-state index in [1.165, 1.54) is 11.0 Å². The van der Waals surface area contributed by atoms with Gasteiger partial charge in [-0.3, -0.25) is 19.7 Å². The number of piperidine rings is 3. The Morgan fingerprint density at radius 1 is 1.00 bits per heavy atom. The number of anilines is 1. The lowest BCUT2D eigenvalue weighted by Crippen LogP contribution is -2.52. The first-order chi connectivity index (χ1) is 18.5. The van der Waals surface area contributed by atoms with Crippen molar-refractivity contribution in [1.29, 1.82) is 0 Å². The van der Waals surface area contributed by atoms with E-state index in [4.69, 9.17) is 4.74 Å². The van der Waals surface area contributed by atoms with Gasteiger partial charge in [0.15, 0.2) is 0 Å². The van der Waals surface area contributed by atoms with Gasteiger partial charge in [0.2, 0.25) is 11.8 Å². The lowest BCUT2D eigenvalue weighted by atomic mass is 9.82. The van der Waals surface area contributed by atoms with Crippen molar-refractivity contribution in [2.24, 2.45) is 11.8 Å². The number of fused-ring (bicyclic) bond motifs is 1. The van der Waals surface area contributed by atoms with Crippen LogP contribution in [0.4, 0.5) is 14.9 Å². The van der Waals surface area contributed by atoms with Crippen LogP contribution in [0.1, 0.15) is 81.6 Å². The minimum atomic E-state index is -0.708. The van der Waals surface area contributed by atoms with Gasteiger partial charge in [-0.25, -0.2) is 9.18 Å². The summed E-state index contributed by atoms with van der Waals surface area (Å²) in [6.45, 7) is 8.85. The fourth-order valence-electron chi connectivity index (χ4n) is 6.38. The highest BCUT2D eigenvalue weighted by atomic mass is 19.1. The number of halogens is 1. The number of benzene rings is 1. The molecule has 0 aliphatic carbocycles. The zero-order valence-electron chi connectivity index (χ0n) is 23.1. The number of carbonyl (C=O) groups is 4. The fourth-order valence-corrected chi connectivity index (χ4v) is 6.38. The highest BCUT2D eigenvalue weighted by molar-refractivity contribution is 6.05. The largest absolute Gasteiger partial charge is 0.444 e. The third-order valence-electron chi connectivity index (χ3n) is 8.48. The maximum atomic E-state index is 15.2. The molecule has 0 bridgehead atoms. The van der Waals surface area contributed by atoms with E-state index >= 15 is 4.39 Å². The van der Waals surface area contributed by atoms with Crippen molar-refractivity contribution in [2.45, 2.75) is 83.9 Å². The summed E-state index contributed by atoms with van der Waals surface area (Å²) in [5.74, 6) is -0.418. The molecule has 9 nitrogen and oxygen atoms in total. The van der Waals surface area contributed by atoms with Crippen molar-refractivity contribution in [1.82, 2.24) is 15.1 Å². The average molecular weight is 543 g/mol. The average Bonchev–Trinajstić information content (AvgIpc) is 3.18. The molecule has 0 spiro atoms. The predicted molar refractivity (Wildman–Crippen MR) is 143 cm³/mol. The van der Waals surface area contributed by atoms with E-state index in [1.807, 2.05) is 25.7 Å². The van der Waals surface area contributed by atoms with Crippen LogP contribution < -0.4 is 10.2 Å². The summed E-state index contributed by atoms with van der Waals surface area (Å²) in [6, 6.07) is 2.37. The van der Waals surface area contributed by atoms with Crippen molar-refractivity contribution in [3.8, 4) is 0 Å². The number of nitrogens with one attached hydrogen (secondary N) is 1. The molecule has 10 heteroatoms. The molecular formula is C29H39FN4O5. The van der Waals surface area contributed by atoms with Gasteiger partial charge in [0.05, 0.1) is 5.69 Å². The van der Waals surface area contributed by atoms with Crippen LogP contribution in [0.15, 0.2) is 12.1 Å². The Kier molecular flexibility index (Phi) is 7.57. The Balaban J connectivity index is 1.13. The van der Waals surface area contributed by atoms with Gasteiger partial charge in [-0.15, -0.1) is 0 Å². The SMILES string of the molecule is CC(C)(C)OC(=O)N1CCC(CC2CCN(c3cc4c(cc3F)C(=O)N(C3CCC(=O)NC3=O)C4)CC2)CC1. The Hall–Kier alpha value is -3.17. The van der Waals surface area contributed by atoms with Gasteiger partial charge in [-0.05, 0) is 88.8 Å². The topological polar surface area (TPSA) is 99.3 Å². The first-order valence-corrected chi connectivity index (χ1v) is 14.2. The highest BCUT2D eigenvalue weighted by Crippen LogP contribution is 2.36. The monoisotopic (exact) mass is 542 g/mol. The van der Waals surface area contributed by atoms with Crippen LogP contribution >= 0.6 is 0 Å². The summed E-state index contributed by atoms with van der Waals surface area (Å²) in [4.78, 5) is 54.4. The zero-order valence-corrected chi connectivity index (χ0v) is 23.1. The molecule has 212 valence electrons. The minimum absolute atomic E-state index is 0.188. The third-order valence-corrected chi connectivity index (χ3v) is 8.48. The summed E-state index contributed by atoms with van der Waals surface area (Å²) in [5.41, 5.74) is 1.05. The summed E-state index contributed by atoms with van der Waals surface area (Å²) in [5, 5.41) is 2.30. The maximum Gasteiger partial charge on any atom is 0.410 e. The Morgan fingerprint density at radius 2 is 1.64 bits per heavy atom. The molecule has 1 N–H and O–H groups in total. The van der Waals surface area contributed by atoms with E-state index in [0.29, 0.717) is 23.1 Å². The van der Waals surface area contributed by atoms with E-state index < -0.39 is 23.4 Å². The van der Waals surface area contributed by atoms with Crippen molar-refractivity contribution in [2.75, 3.05) is 31.1 Å². The molecule has 0 aromatic heterocycles. The lowest BCUT2D eigenvalue weighted by Gasteiger charge is -2.38. The van der Waals surface area contributed by atoms with Gasteiger partial charge in [-0.1, -0.05) is 0 Å². The van der Waals surface area contributed by atoms with E-state index in [1.54, 1.807) is 6.07 Å². The van der Waals surface area contributed by atoms with E-state index in [-0.39, 0.29) is 37.3 Å². The molecule has 4 aliphatic rings. The number of ether oxygens (including phenoxy) is 1. The number of rotatable bonds is 4. The third kappa shape index (κ3) is 6.04. The molecule has 0 saturated carbocycles. The minimum Gasteiger partial charge on any atom is -0.444 e. The first kappa shape index (κ1) is 27.4. The molecule has 4 amide bonds. The number of carbonyl (C=O) groups excluding carboxylic acids is 4. The van der Waals surface area contributed by atoms with Gasteiger partial charge < -0.3 is 19.4 Å². The van der Waals surface area contributed by atoms with Crippen LogP contribution in [-0.4, -0.2) is 71.4 Å². The van der Waals surface area contributed by atoms with Gasteiger partial charge in [0.25, 0.3) is 5.91 Å². The second-order valence-corrected chi connectivity index (χ2v) is 12.4. The molecule has 39 heavy (non-hydrogen) atoms. The first-order valence-electron chi connectivity index (χ1n) is 14.2. The van der Waals surface area contributed by atoms with Crippen LogP contribution in [0.5, 0.6) is 0 Å². The molecular weight excluding hydrogens is 503 g/mol. The van der Waals surface area contributed by atoms with Gasteiger partial charge in [0.1, 0.15) is 17.5 Å². The molecule has 1 atom stereocenters. The van der Waals surface area contributed by atoms with Gasteiger partial charge in [-0.2, -0.15) is 0 Å². The standard InChI is InChI=1S/C29H39FN4O5/c1-29(2,3)39-28(38)33-12-8-19(9-13-33)14-18-6-10-32(11-7-18)24-15-20-17-34(27(37)21(20)16-22(24)30)23-4-5-25(35)31-26(23)36/h15-16,18-19,23H,4-14,17H2,1-3H3,(H,31,35,36). The van der Waals surface area contributed by atoms with Crippen molar-refractivity contribution < 1.29 is 28.3 Å². The second-order valence-electron chi connectivity index (χ2n) is 12.4. The van der Waals surface area contributed by atoms with E-state index in [9.17, 15) is 19.2 Å². The van der Waals surface area contributed by atoms with Crippen LogP contribution in [0, 0.1) is 17.7 Å².